The van der Waals surface area contributed by atoms with Gasteiger partial charge in [0.2, 0.25) is 5.91 Å². The number of carboxylic acids is 1. The molecule has 120 valence electrons. The molecule has 2 aliphatic carbocycles. The average molecular weight is 295 g/mol. The van der Waals surface area contributed by atoms with Crippen molar-refractivity contribution in [2.75, 3.05) is 0 Å². The Balaban J connectivity index is 1.78. The highest BCUT2D eigenvalue weighted by Gasteiger charge is 2.34. The van der Waals surface area contributed by atoms with Gasteiger partial charge in [-0.3, -0.25) is 9.59 Å². The Kier molecular flexibility index (Phi) is 4.95. The van der Waals surface area contributed by atoms with Crippen LogP contribution in [0.3, 0.4) is 0 Å². The molecule has 2 aliphatic rings. The number of carboxylic acid groups (broad SMARTS) is 1. The van der Waals surface area contributed by atoms with Crippen LogP contribution in [0, 0.1) is 23.2 Å². The van der Waals surface area contributed by atoms with E-state index in [1.54, 1.807) is 0 Å². The third-order valence-corrected chi connectivity index (χ3v) is 5.10. The summed E-state index contributed by atoms with van der Waals surface area (Å²) in [5.74, 6) is 0.273. The highest BCUT2D eigenvalue weighted by molar-refractivity contribution is 5.77. The molecule has 0 saturated heterocycles. The van der Waals surface area contributed by atoms with Crippen LogP contribution >= 0.6 is 0 Å². The minimum absolute atomic E-state index is 0.0626. The summed E-state index contributed by atoms with van der Waals surface area (Å²) < 4.78 is 0. The van der Waals surface area contributed by atoms with Crippen molar-refractivity contribution < 1.29 is 14.7 Å². The summed E-state index contributed by atoms with van der Waals surface area (Å²) in [6.07, 6.45) is 6.18. The van der Waals surface area contributed by atoms with E-state index < -0.39 is 5.97 Å². The number of amides is 1. The fourth-order valence-corrected chi connectivity index (χ4v) is 4.59. The maximum atomic E-state index is 12.2. The lowest BCUT2D eigenvalue weighted by Gasteiger charge is -2.38. The van der Waals surface area contributed by atoms with Crippen LogP contribution in [0.25, 0.3) is 0 Å². The molecular weight excluding hydrogens is 266 g/mol. The predicted octanol–water partition coefficient (Wildman–Crippen LogP) is 3.21. The van der Waals surface area contributed by atoms with Crippen LogP contribution in [-0.4, -0.2) is 23.0 Å². The lowest BCUT2D eigenvalue weighted by Crippen LogP contribution is -2.36. The first-order valence-electron chi connectivity index (χ1n) is 8.27. The Hall–Kier alpha value is -1.06. The first kappa shape index (κ1) is 16.3. The van der Waals surface area contributed by atoms with Crippen molar-refractivity contribution in [2.24, 2.45) is 23.2 Å². The number of hydrogen-bond donors (Lipinski definition) is 2. The Morgan fingerprint density at radius 1 is 1.19 bits per heavy atom. The summed E-state index contributed by atoms with van der Waals surface area (Å²) in [4.78, 5) is 23.1. The first-order chi connectivity index (χ1) is 9.75. The van der Waals surface area contributed by atoms with Gasteiger partial charge in [-0.25, -0.2) is 0 Å². The largest absolute Gasteiger partial charge is 0.481 e. The number of carbonyl (C=O) groups excluding carboxylic acids is 1. The first-order valence-corrected chi connectivity index (χ1v) is 8.27. The van der Waals surface area contributed by atoms with Gasteiger partial charge in [-0.05, 0) is 55.8 Å². The van der Waals surface area contributed by atoms with Gasteiger partial charge in [-0.1, -0.05) is 20.8 Å². The predicted molar refractivity (Wildman–Crippen MR) is 81.8 cm³/mol. The van der Waals surface area contributed by atoms with Crippen molar-refractivity contribution in [2.45, 2.75) is 71.8 Å². The molecule has 4 nitrogen and oxygen atoms in total. The van der Waals surface area contributed by atoms with E-state index in [9.17, 15) is 9.59 Å². The lowest BCUT2D eigenvalue weighted by atomic mass is 9.67. The molecule has 0 spiro atoms. The van der Waals surface area contributed by atoms with Gasteiger partial charge in [0.05, 0.1) is 5.92 Å². The SMILES string of the molecule is CC1CC(CC(=O)N[C@@H]2CC[C@H](C(=O)O)C2)CC(C)(C)C1. The third-order valence-electron chi connectivity index (χ3n) is 5.10. The molecule has 2 unspecified atom stereocenters. The van der Waals surface area contributed by atoms with Crippen molar-refractivity contribution in [1.29, 1.82) is 0 Å². The smallest absolute Gasteiger partial charge is 0.306 e. The summed E-state index contributed by atoms with van der Waals surface area (Å²) in [6.45, 7) is 6.87. The number of nitrogens with one attached hydrogen (secondary N) is 1. The van der Waals surface area contributed by atoms with E-state index in [1.807, 2.05) is 0 Å². The van der Waals surface area contributed by atoms with Crippen molar-refractivity contribution in [3.8, 4) is 0 Å². The summed E-state index contributed by atoms with van der Waals surface area (Å²) in [5.41, 5.74) is 0.338. The Morgan fingerprint density at radius 2 is 1.90 bits per heavy atom. The number of rotatable bonds is 4. The van der Waals surface area contributed by atoms with E-state index in [0.717, 1.165) is 19.3 Å². The molecule has 0 bridgehead atoms. The van der Waals surface area contributed by atoms with Crippen molar-refractivity contribution in [1.82, 2.24) is 5.32 Å². The number of hydrogen-bond acceptors (Lipinski definition) is 2. The van der Waals surface area contributed by atoms with E-state index in [-0.39, 0.29) is 17.9 Å². The van der Waals surface area contributed by atoms with Gasteiger partial charge in [0.25, 0.3) is 0 Å². The molecule has 0 aromatic carbocycles. The molecule has 0 heterocycles. The maximum Gasteiger partial charge on any atom is 0.306 e. The molecule has 1 amide bonds. The van der Waals surface area contributed by atoms with Crippen LogP contribution < -0.4 is 5.32 Å². The van der Waals surface area contributed by atoms with E-state index >= 15 is 0 Å². The van der Waals surface area contributed by atoms with Crippen LogP contribution in [0.1, 0.15) is 65.7 Å². The topological polar surface area (TPSA) is 66.4 Å². The average Bonchev–Trinajstić information content (AvgIpc) is 2.74. The van der Waals surface area contributed by atoms with Crippen molar-refractivity contribution in [3.63, 3.8) is 0 Å². The zero-order chi connectivity index (χ0) is 15.6. The van der Waals surface area contributed by atoms with Crippen LogP contribution in [0.4, 0.5) is 0 Å². The van der Waals surface area contributed by atoms with Crippen molar-refractivity contribution >= 4 is 11.9 Å². The second kappa shape index (κ2) is 6.37. The Morgan fingerprint density at radius 3 is 2.48 bits per heavy atom. The molecule has 0 aromatic heterocycles. The Labute approximate surface area is 127 Å². The minimum atomic E-state index is -0.727. The van der Waals surface area contributed by atoms with Gasteiger partial charge in [0.1, 0.15) is 0 Å². The van der Waals surface area contributed by atoms with E-state index in [4.69, 9.17) is 5.11 Å². The van der Waals surface area contributed by atoms with Gasteiger partial charge >= 0.3 is 5.97 Å². The molecule has 21 heavy (non-hydrogen) atoms. The molecule has 2 saturated carbocycles. The fraction of sp³-hybridized carbons (Fsp3) is 0.882. The Bertz CT molecular complexity index is 405. The monoisotopic (exact) mass is 295 g/mol. The van der Waals surface area contributed by atoms with Gasteiger partial charge in [0, 0.05) is 12.5 Å². The normalized spacial score (nSPS) is 35.4. The van der Waals surface area contributed by atoms with Crippen LogP contribution in [-0.2, 0) is 9.59 Å². The van der Waals surface area contributed by atoms with E-state index in [2.05, 4.69) is 26.1 Å². The number of carbonyl (C=O) groups is 2. The van der Waals surface area contributed by atoms with Crippen LogP contribution in [0.5, 0.6) is 0 Å². The standard InChI is InChI=1S/C17H29NO3/c1-11-6-12(10-17(2,3)9-11)7-15(19)18-14-5-4-13(8-14)16(20)21/h11-14H,4-10H2,1-3H3,(H,18,19)(H,20,21)/t11?,12?,13-,14+/m0/s1. The third kappa shape index (κ3) is 4.72. The summed E-state index contributed by atoms with van der Waals surface area (Å²) in [5, 5.41) is 12.1. The zero-order valence-electron chi connectivity index (χ0n) is 13.5. The van der Waals surface area contributed by atoms with Gasteiger partial charge < -0.3 is 10.4 Å². The second-order valence-electron chi connectivity index (χ2n) is 8.10. The molecule has 2 N–H and O–H groups in total. The zero-order valence-corrected chi connectivity index (χ0v) is 13.5. The molecule has 4 atom stereocenters. The van der Waals surface area contributed by atoms with E-state index in [1.165, 1.54) is 6.42 Å². The van der Waals surface area contributed by atoms with Gasteiger partial charge in [-0.2, -0.15) is 0 Å². The summed E-state index contributed by atoms with van der Waals surface area (Å²) >= 11 is 0. The molecule has 0 aromatic rings. The van der Waals surface area contributed by atoms with E-state index in [0.29, 0.717) is 36.5 Å². The highest BCUT2D eigenvalue weighted by Crippen LogP contribution is 2.42. The van der Waals surface area contributed by atoms with Crippen molar-refractivity contribution in [3.05, 3.63) is 0 Å². The molecule has 0 radical (unpaired) electrons. The molecule has 2 rings (SSSR count). The van der Waals surface area contributed by atoms with Crippen LogP contribution in [0.2, 0.25) is 0 Å². The van der Waals surface area contributed by atoms with Gasteiger partial charge in [-0.15, -0.1) is 0 Å². The van der Waals surface area contributed by atoms with Crippen LogP contribution in [0.15, 0.2) is 0 Å². The van der Waals surface area contributed by atoms with Gasteiger partial charge in [0.15, 0.2) is 0 Å². The summed E-state index contributed by atoms with van der Waals surface area (Å²) in [6, 6.07) is 0.0626. The second-order valence-corrected chi connectivity index (χ2v) is 8.10. The maximum absolute atomic E-state index is 12.2. The lowest BCUT2D eigenvalue weighted by molar-refractivity contribution is -0.141. The molecule has 4 heteroatoms. The molecular formula is C17H29NO3. The molecule has 2 fully saturated rings. The fourth-order valence-electron chi connectivity index (χ4n) is 4.59. The quantitative estimate of drug-likeness (QED) is 0.837. The minimum Gasteiger partial charge on any atom is -0.481 e. The highest BCUT2D eigenvalue weighted by atomic mass is 16.4. The summed E-state index contributed by atoms with van der Waals surface area (Å²) in [7, 11) is 0. The molecule has 0 aliphatic heterocycles. The number of aliphatic carboxylic acids is 1.